The molecule has 0 radical (unpaired) electrons. The second-order valence-corrected chi connectivity index (χ2v) is 6.60. The predicted molar refractivity (Wildman–Crippen MR) is 101 cm³/mol. The van der Waals surface area contributed by atoms with Gasteiger partial charge in [0.25, 0.3) is 0 Å². The molecular formula is C21H46. The molecule has 0 aliphatic carbocycles. The minimum absolute atomic E-state index is 1.36. The highest BCUT2D eigenvalue weighted by Gasteiger charge is 1.91. The van der Waals surface area contributed by atoms with Gasteiger partial charge in [0.15, 0.2) is 0 Å². The first-order valence-electron chi connectivity index (χ1n) is 10.3. The van der Waals surface area contributed by atoms with Crippen LogP contribution in [0.4, 0.5) is 0 Å². The van der Waals surface area contributed by atoms with E-state index < -0.39 is 0 Å². The minimum Gasteiger partial charge on any atom is -0.0654 e. The van der Waals surface area contributed by atoms with Crippen molar-refractivity contribution in [1.29, 1.82) is 0 Å². The van der Waals surface area contributed by atoms with Crippen molar-refractivity contribution in [3.63, 3.8) is 0 Å². The summed E-state index contributed by atoms with van der Waals surface area (Å²) in [7, 11) is 0. The monoisotopic (exact) mass is 298 g/mol. The van der Waals surface area contributed by atoms with Crippen LogP contribution in [-0.4, -0.2) is 0 Å². The Hall–Kier alpha value is 0. The van der Waals surface area contributed by atoms with E-state index in [1.54, 1.807) is 0 Å². The van der Waals surface area contributed by atoms with E-state index >= 15 is 0 Å². The van der Waals surface area contributed by atoms with Gasteiger partial charge in [-0.15, -0.1) is 0 Å². The van der Waals surface area contributed by atoms with Crippen LogP contribution in [0, 0.1) is 0 Å². The molecule has 0 aliphatic heterocycles. The first kappa shape index (κ1) is 23.3. The van der Waals surface area contributed by atoms with E-state index in [0.717, 1.165) is 0 Å². The SMILES string of the molecule is CCCCCCCC.CCCCCCCCCCCCC. The van der Waals surface area contributed by atoms with Crippen LogP contribution in [0.5, 0.6) is 0 Å². The Bertz CT molecular complexity index is 123. The molecule has 21 heavy (non-hydrogen) atoms. The lowest BCUT2D eigenvalue weighted by Gasteiger charge is -2.00. The van der Waals surface area contributed by atoms with Crippen molar-refractivity contribution in [2.75, 3.05) is 0 Å². The summed E-state index contributed by atoms with van der Waals surface area (Å²) in [4.78, 5) is 0. The van der Waals surface area contributed by atoms with Crippen LogP contribution in [0.1, 0.15) is 137 Å². The summed E-state index contributed by atoms with van der Waals surface area (Å²) < 4.78 is 0. The van der Waals surface area contributed by atoms with Crippen LogP contribution in [0.15, 0.2) is 0 Å². The highest BCUT2D eigenvalue weighted by Crippen LogP contribution is 2.10. The zero-order chi connectivity index (χ0) is 16.0. The van der Waals surface area contributed by atoms with Gasteiger partial charge in [-0.2, -0.15) is 0 Å². The molecule has 0 unspecified atom stereocenters. The quantitative estimate of drug-likeness (QED) is 0.265. The van der Waals surface area contributed by atoms with Crippen molar-refractivity contribution in [2.24, 2.45) is 0 Å². The number of rotatable bonds is 15. The Morgan fingerprint density at radius 2 is 0.381 bits per heavy atom. The summed E-state index contributed by atoms with van der Waals surface area (Å²) in [5, 5.41) is 0. The van der Waals surface area contributed by atoms with Crippen molar-refractivity contribution in [3.05, 3.63) is 0 Å². The highest BCUT2D eigenvalue weighted by atomic mass is 14.0. The Morgan fingerprint density at radius 3 is 0.524 bits per heavy atom. The lowest BCUT2D eigenvalue weighted by molar-refractivity contribution is 0.554. The van der Waals surface area contributed by atoms with Crippen LogP contribution in [0.25, 0.3) is 0 Å². The van der Waals surface area contributed by atoms with Crippen molar-refractivity contribution in [3.8, 4) is 0 Å². The van der Waals surface area contributed by atoms with Gasteiger partial charge in [-0.25, -0.2) is 0 Å². The molecule has 0 atom stereocenters. The molecule has 0 rings (SSSR count). The molecule has 0 bridgehead atoms. The van der Waals surface area contributed by atoms with Crippen molar-refractivity contribution >= 4 is 0 Å². The molecule has 0 nitrogen and oxygen atoms in total. The molecule has 0 spiro atoms. The minimum atomic E-state index is 1.36. The molecule has 0 amide bonds. The third-order valence-corrected chi connectivity index (χ3v) is 4.16. The molecule has 0 aromatic carbocycles. The Kier molecular flexibility index (Phi) is 27.7. The van der Waals surface area contributed by atoms with Crippen molar-refractivity contribution in [2.45, 2.75) is 137 Å². The van der Waals surface area contributed by atoms with Crippen LogP contribution < -0.4 is 0 Å². The van der Waals surface area contributed by atoms with Gasteiger partial charge in [0.2, 0.25) is 0 Å². The Morgan fingerprint density at radius 1 is 0.238 bits per heavy atom. The first-order chi connectivity index (χ1) is 10.3. The maximum atomic E-state index is 2.28. The second-order valence-electron chi connectivity index (χ2n) is 6.60. The molecule has 0 heterocycles. The van der Waals surface area contributed by atoms with Gasteiger partial charge < -0.3 is 0 Å². The fourth-order valence-corrected chi connectivity index (χ4v) is 2.59. The fourth-order valence-electron chi connectivity index (χ4n) is 2.59. The second kappa shape index (κ2) is 25.0. The van der Waals surface area contributed by atoms with E-state index in [-0.39, 0.29) is 0 Å². The van der Waals surface area contributed by atoms with Crippen molar-refractivity contribution in [1.82, 2.24) is 0 Å². The predicted octanol–water partition coefficient (Wildman–Crippen LogP) is 8.68. The summed E-state index contributed by atoms with van der Waals surface area (Å²) in [6.45, 7) is 9.08. The van der Waals surface area contributed by atoms with Crippen LogP contribution in [-0.2, 0) is 0 Å². The maximum absolute atomic E-state index is 2.28. The number of hydrogen-bond donors (Lipinski definition) is 0. The van der Waals surface area contributed by atoms with E-state index in [4.69, 9.17) is 0 Å². The van der Waals surface area contributed by atoms with E-state index in [2.05, 4.69) is 27.7 Å². The van der Waals surface area contributed by atoms with Gasteiger partial charge in [0, 0.05) is 0 Å². The lowest BCUT2D eigenvalue weighted by atomic mass is 10.1. The Balaban J connectivity index is 0. The maximum Gasteiger partial charge on any atom is -0.0533 e. The van der Waals surface area contributed by atoms with Crippen LogP contribution in [0.2, 0.25) is 0 Å². The van der Waals surface area contributed by atoms with Gasteiger partial charge in [-0.1, -0.05) is 137 Å². The Labute approximate surface area is 137 Å². The third-order valence-electron chi connectivity index (χ3n) is 4.16. The van der Waals surface area contributed by atoms with Gasteiger partial charge >= 0.3 is 0 Å². The van der Waals surface area contributed by atoms with Gasteiger partial charge in [-0.3, -0.25) is 0 Å². The fraction of sp³-hybridized carbons (Fsp3) is 1.00. The molecular weight excluding hydrogens is 252 g/mol. The molecule has 0 heteroatoms. The lowest BCUT2D eigenvalue weighted by Crippen LogP contribution is -1.80. The number of hydrogen-bond acceptors (Lipinski definition) is 0. The topological polar surface area (TPSA) is 0 Å². The average molecular weight is 299 g/mol. The van der Waals surface area contributed by atoms with Gasteiger partial charge in [-0.05, 0) is 0 Å². The van der Waals surface area contributed by atoms with E-state index in [0.29, 0.717) is 0 Å². The molecule has 0 N–H and O–H groups in total. The highest BCUT2D eigenvalue weighted by molar-refractivity contribution is 4.46. The van der Waals surface area contributed by atoms with E-state index in [1.807, 2.05) is 0 Å². The summed E-state index contributed by atoms with van der Waals surface area (Å²) in [6.07, 6.45) is 24.4. The smallest absolute Gasteiger partial charge is 0.0533 e. The van der Waals surface area contributed by atoms with E-state index in [9.17, 15) is 0 Å². The number of unbranched alkanes of at least 4 members (excludes halogenated alkanes) is 15. The third kappa shape index (κ3) is 28.8. The van der Waals surface area contributed by atoms with Gasteiger partial charge in [0.05, 0.1) is 0 Å². The van der Waals surface area contributed by atoms with Crippen molar-refractivity contribution < 1.29 is 0 Å². The molecule has 0 aromatic rings. The van der Waals surface area contributed by atoms with Gasteiger partial charge in [0.1, 0.15) is 0 Å². The van der Waals surface area contributed by atoms with E-state index in [1.165, 1.54) is 109 Å². The summed E-state index contributed by atoms with van der Waals surface area (Å²) >= 11 is 0. The molecule has 130 valence electrons. The summed E-state index contributed by atoms with van der Waals surface area (Å²) in [5.41, 5.74) is 0. The standard InChI is InChI=1S/C13H28.C8H18/c1-3-5-7-9-11-13-12-10-8-6-4-2;1-3-5-7-8-6-4-2/h3-13H2,1-2H3;3-8H2,1-2H3. The molecule has 0 aliphatic rings. The van der Waals surface area contributed by atoms with Crippen LogP contribution >= 0.6 is 0 Å². The molecule has 0 saturated carbocycles. The van der Waals surface area contributed by atoms with Crippen LogP contribution in [0.3, 0.4) is 0 Å². The normalized spacial score (nSPS) is 10.3. The molecule has 0 saturated heterocycles. The summed E-state index contributed by atoms with van der Waals surface area (Å²) in [6, 6.07) is 0. The molecule has 0 fully saturated rings. The average Bonchev–Trinajstić information content (AvgIpc) is 2.51. The first-order valence-corrected chi connectivity index (χ1v) is 10.3. The largest absolute Gasteiger partial charge is 0.0654 e. The summed E-state index contributed by atoms with van der Waals surface area (Å²) in [5.74, 6) is 0. The molecule has 0 aromatic heterocycles. The zero-order valence-corrected chi connectivity index (χ0v) is 16.0. The zero-order valence-electron chi connectivity index (χ0n) is 16.0.